The zero-order valence-electron chi connectivity index (χ0n) is 12.0. The van der Waals surface area contributed by atoms with Crippen molar-refractivity contribution in [2.75, 3.05) is 5.32 Å². The number of carbonyl (C=O) groups is 1. The molecule has 116 valence electrons. The van der Waals surface area contributed by atoms with E-state index in [1.807, 2.05) is 35.0 Å². The van der Waals surface area contributed by atoms with Crippen molar-refractivity contribution in [2.45, 2.75) is 10.1 Å². The van der Waals surface area contributed by atoms with E-state index in [9.17, 15) is 4.79 Å². The molecule has 2 aromatic heterocycles. The summed E-state index contributed by atoms with van der Waals surface area (Å²) in [5.41, 5.74) is 2.25. The van der Waals surface area contributed by atoms with Crippen LogP contribution in [0.4, 0.5) is 5.13 Å². The molecule has 0 fully saturated rings. The summed E-state index contributed by atoms with van der Waals surface area (Å²) in [5.74, 6) is 0.633. The number of rotatable bonds is 6. The lowest BCUT2D eigenvalue weighted by molar-refractivity contribution is -0.111. The molecule has 0 aliphatic rings. The summed E-state index contributed by atoms with van der Waals surface area (Å²) >= 11 is 4.59. The van der Waals surface area contributed by atoms with Gasteiger partial charge >= 0.3 is 0 Å². The lowest BCUT2D eigenvalue weighted by Gasteiger charge is -1.97. The number of thioether (sulfide) groups is 1. The van der Waals surface area contributed by atoms with Gasteiger partial charge in [-0.2, -0.15) is 11.3 Å². The fourth-order valence-corrected chi connectivity index (χ4v) is 4.07. The predicted octanol–water partition coefficient (Wildman–Crippen LogP) is 4.54. The Balaban J connectivity index is 1.51. The second-order valence-electron chi connectivity index (χ2n) is 4.53. The van der Waals surface area contributed by atoms with Gasteiger partial charge in [-0.1, -0.05) is 53.4 Å². The van der Waals surface area contributed by atoms with Crippen molar-refractivity contribution in [3.05, 3.63) is 64.4 Å². The number of hydrogen-bond acceptors (Lipinski definition) is 6. The van der Waals surface area contributed by atoms with Gasteiger partial charge in [0, 0.05) is 11.8 Å². The second-order valence-corrected chi connectivity index (χ2v) is 7.51. The summed E-state index contributed by atoms with van der Waals surface area (Å²) in [4.78, 5) is 11.8. The molecule has 0 spiro atoms. The van der Waals surface area contributed by atoms with E-state index in [1.54, 1.807) is 29.2 Å². The van der Waals surface area contributed by atoms with Crippen molar-refractivity contribution in [2.24, 2.45) is 0 Å². The minimum Gasteiger partial charge on any atom is -0.297 e. The van der Waals surface area contributed by atoms with Crippen LogP contribution in [0.5, 0.6) is 0 Å². The Hall–Kier alpha value is -1.96. The summed E-state index contributed by atoms with van der Waals surface area (Å²) in [5, 5.41) is 15.3. The standard InChI is InChI=1S/C16H13N3OS3/c20-14(7-6-13-8-9-21-10-13)17-15-18-19-16(23-15)22-11-12-4-2-1-3-5-12/h1-10H,11H2,(H,17,18,20)/b7-6+. The number of amides is 1. The van der Waals surface area contributed by atoms with Gasteiger partial charge in [-0.3, -0.25) is 10.1 Å². The van der Waals surface area contributed by atoms with E-state index in [1.165, 1.54) is 23.0 Å². The van der Waals surface area contributed by atoms with Gasteiger partial charge in [-0.05, 0) is 34.0 Å². The van der Waals surface area contributed by atoms with Gasteiger partial charge in [-0.15, -0.1) is 10.2 Å². The highest BCUT2D eigenvalue weighted by Gasteiger charge is 2.07. The maximum absolute atomic E-state index is 11.8. The van der Waals surface area contributed by atoms with Gasteiger partial charge in [0.2, 0.25) is 11.0 Å². The van der Waals surface area contributed by atoms with Crippen LogP contribution in [0.3, 0.4) is 0 Å². The zero-order valence-corrected chi connectivity index (χ0v) is 14.5. The summed E-state index contributed by atoms with van der Waals surface area (Å²) in [6.45, 7) is 0. The first kappa shape index (κ1) is 15.9. The Labute approximate surface area is 146 Å². The van der Waals surface area contributed by atoms with Gasteiger partial charge in [0.15, 0.2) is 4.34 Å². The Morgan fingerprint density at radius 1 is 1.22 bits per heavy atom. The normalized spacial score (nSPS) is 11.0. The van der Waals surface area contributed by atoms with Gasteiger partial charge in [0.25, 0.3) is 0 Å². The summed E-state index contributed by atoms with van der Waals surface area (Å²) in [7, 11) is 0. The third-order valence-corrected chi connectivity index (χ3v) is 5.56. The molecule has 4 nitrogen and oxygen atoms in total. The average Bonchev–Trinajstić information content (AvgIpc) is 3.24. The first-order valence-electron chi connectivity index (χ1n) is 6.81. The number of thiophene rings is 1. The van der Waals surface area contributed by atoms with Crippen LogP contribution >= 0.6 is 34.4 Å². The molecule has 1 aromatic carbocycles. The molecule has 2 heterocycles. The molecule has 0 aliphatic carbocycles. The highest BCUT2D eigenvalue weighted by Crippen LogP contribution is 2.28. The maximum Gasteiger partial charge on any atom is 0.250 e. The predicted molar refractivity (Wildman–Crippen MR) is 97.9 cm³/mol. The van der Waals surface area contributed by atoms with Gasteiger partial charge in [0.1, 0.15) is 0 Å². The van der Waals surface area contributed by atoms with E-state index in [0.717, 1.165) is 15.7 Å². The third kappa shape index (κ3) is 5.02. The number of anilines is 1. The topological polar surface area (TPSA) is 54.9 Å². The van der Waals surface area contributed by atoms with Crippen molar-refractivity contribution in [1.82, 2.24) is 10.2 Å². The van der Waals surface area contributed by atoms with E-state index < -0.39 is 0 Å². The highest BCUT2D eigenvalue weighted by molar-refractivity contribution is 8.00. The number of hydrogen-bond donors (Lipinski definition) is 1. The Kier molecular flexibility index (Phi) is 5.57. The average molecular weight is 360 g/mol. The minimum absolute atomic E-state index is 0.202. The molecule has 3 aromatic rings. The van der Waals surface area contributed by atoms with Crippen LogP contribution in [-0.4, -0.2) is 16.1 Å². The Morgan fingerprint density at radius 3 is 2.87 bits per heavy atom. The molecule has 0 saturated carbocycles. The van der Waals surface area contributed by atoms with Crippen LogP contribution in [0.1, 0.15) is 11.1 Å². The summed E-state index contributed by atoms with van der Waals surface area (Å²) < 4.78 is 0.839. The SMILES string of the molecule is O=C(/C=C/c1ccsc1)Nc1nnc(SCc2ccccc2)s1. The van der Waals surface area contributed by atoms with E-state index in [4.69, 9.17) is 0 Å². The quantitative estimate of drug-likeness (QED) is 0.399. The summed E-state index contributed by atoms with van der Waals surface area (Å²) in [6.07, 6.45) is 3.28. The van der Waals surface area contributed by atoms with Crippen molar-refractivity contribution >= 4 is 51.6 Å². The van der Waals surface area contributed by atoms with Crippen LogP contribution in [0, 0.1) is 0 Å². The van der Waals surface area contributed by atoms with E-state index in [0.29, 0.717) is 5.13 Å². The van der Waals surface area contributed by atoms with Crippen LogP contribution in [0.2, 0.25) is 0 Å². The number of aromatic nitrogens is 2. The first-order chi connectivity index (χ1) is 11.3. The van der Waals surface area contributed by atoms with Crippen LogP contribution < -0.4 is 5.32 Å². The van der Waals surface area contributed by atoms with Gasteiger partial charge in [-0.25, -0.2) is 0 Å². The number of carbonyl (C=O) groups excluding carboxylic acids is 1. The molecule has 1 amide bonds. The number of benzene rings is 1. The highest BCUT2D eigenvalue weighted by atomic mass is 32.2. The molecule has 0 atom stereocenters. The van der Waals surface area contributed by atoms with Crippen LogP contribution in [-0.2, 0) is 10.5 Å². The molecular weight excluding hydrogens is 346 g/mol. The third-order valence-electron chi connectivity index (χ3n) is 2.81. The fourth-order valence-electron chi connectivity index (χ4n) is 1.73. The molecular formula is C16H13N3OS3. The van der Waals surface area contributed by atoms with Crippen molar-refractivity contribution in [1.29, 1.82) is 0 Å². The first-order valence-corrected chi connectivity index (χ1v) is 9.55. The molecule has 7 heteroatoms. The molecule has 0 aliphatic heterocycles. The van der Waals surface area contributed by atoms with Crippen molar-refractivity contribution < 1.29 is 4.79 Å². The van der Waals surface area contributed by atoms with E-state index in [-0.39, 0.29) is 5.91 Å². The lowest BCUT2D eigenvalue weighted by atomic mass is 10.2. The smallest absolute Gasteiger partial charge is 0.250 e. The number of nitrogens with zero attached hydrogens (tertiary/aromatic N) is 2. The number of nitrogens with one attached hydrogen (secondary N) is 1. The van der Waals surface area contributed by atoms with E-state index >= 15 is 0 Å². The fraction of sp³-hybridized carbons (Fsp3) is 0.0625. The summed E-state index contributed by atoms with van der Waals surface area (Å²) in [6, 6.07) is 12.1. The molecule has 0 radical (unpaired) electrons. The Morgan fingerprint density at radius 2 is 2.09 bits per heavy atom. The van der Waals surface area contributed by atoms with Crippen LogP contribution in [0.25, 0.3) is 6.08 Å². The zero-order chi connectivity index (χ0) is 15.9. The lowest BCUT2D eigenvalue weighted by Crippen LogP contribution is -2.07. The molecule has 23 heavy (non-hydrogen) atoms. The molecule has 0 unspecified atom stereocenters. The largest absolute Gasteiger partial charge is 0.297 e. The van der Waals surface area contributed by atoms with Gasteiger partial charge in [0.05, 0.1) is 0 Å². The minimum atomic E-state index is -0.202. The van der Waals surface area contributed by atoms with Crippen molar-refractivity contribution in [3.8, 4) is 0 Å². The maximum atomic E-state index is 11.8. The van der Waals surface area contributed by atoms with Gasteiger partial charge < -0.3 is 0 Å². The van der Waals surface area contributed by atoms with Crippen LogP contribution in [0.15, 0.2) is 57.6 Å². The molecule has 0 saturated heterocycles. The Bertz CT molecular complexity index is 782. The molecule has 0 bridgehead atoms. The monoisotopic (exact) mass is 359 g/mol. The second kappa shape index (κ2) is 8.05. The molecule has 1 N–H and O–H groups in total. The molecule has 3 rings (SSSR count). The van der Waals surface area contributed by atoms with Crippen molar-refractivity contribution in [3.63, 3.8) is 0 Å². The van der Waals surface area contributed by atoms with E-state index in [2.05, 4.69) is 27.6 Å².